The number of primary amides is 2. The minimum Gasteiger partial charge on any atom is -0.367 e. The smallest absolute Gasteiger partial charge is 0.316 e. The Kier molecular flexibility index (Phi) is 3.99. The molecule has 2 fully saturated rings. The Morgan fingerprint density at radius 1 is 1.26 bits per heavy atom. The maximum atomic E-state index is 12.4. The number of carbonyl (C=O) groups excluding carboxylic acids is 2. The monoisotopic (exact) mass is 385 g/mol. The average molecular weight is 385 g/mol. The number of aromatic nitrogens is 2. The van der Waals surface area contributed by atoms with Crippen molar-refractivity contribution < 1.29 is 9.59 Å². The molecule has 1 saturated carbocycles. The number of nitrogens with two attached hydrogens (primary N) is 2. The summed E-state index contributed by atoms with van der Waals surface area (Å²) in [6.07, 6.45) is 5.22. The summed E-state index contributed by atoms with van der Waals surface area (Å²) in [5.74, 6) is -0.583. The summed E-state index contributed by atoms with van der Waals surface area (Å²) in [4.78, 5) is 35.9. The highest BCUT2D eigenvalue weighted by Gasteiger charge is 2.52. The van der Waals surface area contributed by atoms with Gasteiger partial charge in [-0.1, -0.05) is 6.92 Å². The molecule has 1 saturated heterocycles. The van der Waals surface area contributed by atoms with E-state index in [-0.39, 0.29) is 5.41 Å². The Morgan fingerprint density at radius 3 is 2.63 bits per heavy atom. The van der Waals surface area contributed by atoms with Crippen LogP contribution in [0.1, 0.15) is 49.0 Å². The number of pyridine rings is 1. The molecular formula is C19H23N5O2S. The maximum absolute atomic E-state index is 12.4. The largest absolute Gasteiger partial charge is 0.367 e. The number of rotatable bonds is 4. The standard InChI is InChI=1S/C19H23N5O2S/c1-11-14(12-4-8-22-13(10-12)18(2)6-7-18)27-16(23-11)19(15(20)25)5-3-9-24(19)17(21)26/h4,8,10H,3,5-7,9H2,1-2H3,(H2,20,25)(H2,21,26). The van der Waals surface area contributed by atoms with Crippen LogP contribution in [0.15, 0.2) is 18.3 Å². The summed E-state index contributed by atoms with van der Waals surface area (Å²) in [5.41, 5.74) is 13.1. The lowest BCUT2D eigenvalue weighted by atomic mass is 9.96. The number of thiazole rings is 1. The molecule has 3 heterocycles. The minimum atomic E-state index is -1.25. The van der Waals surface area contributed by atoms with Crippen LogP contribution in [0.2, 0.25) is 0 Å². The van der Waals surface area contributed by atoms with E-state index in [2.05, 4.69) is 23.0 Å². The summed E-state index contributed by atoms with van der Waals surface area (Å²) >= 11 is 1.41. The molecule has 0 spiro atoms. The minimum absolute atomic E-state index is 0.167. The Labute approximate surface area is 161 Å². The molecule has 3 amide bonds. The second-order valence-electron chi connectivity index (χ2n) is 7.74. The predicted molar refractivity (Wildman–Crippen MR) is 103 cm³/mol. The van der Waals surface area contributed by atoms with Gasteiger partial charge in [0, 0.05) is 23.9 Å². The van der Waals surface area contributed by atoms with Crippen molar-refractivity contribution in [3.05, 3.63) is 34.7 Å². The highest BCUT2D eigenvalue weighted by Crippen LogP contribution is 2.48. The molecule has 2 aliphatic rings. The van der Waals surface area contributed by atoms with Gasteiger partial charge >= 0.3 is 6.03 Å². The number of aryl methyl sites for hydroxylation is 1. The van der Waals surface area contributed by atoms with Crippen molar-refractivity contribution in [3.8, 4) is 10.4 Å². The van der Waals surface area contributed by atoms with Crippen LogP contribution in [0.25, 0.3) is 10.4 Å². The molecule has 27 heavy (non-hydrogen) atoms. The van der Waals surface area contributed by atoms with E-state index in [1.807, 2.05) is 19.2 Å². The van der Waals surface area contributed by atoms with Gasteiger partial charge in [0.1, 0.15) is 5.01 Å². The fourth-order valence-corrected chi connectivity index (χ4v) is 5.18. The normalized spacial score (nSPS) is 23.4. The number of hydrogen-bond donors (Lipinski definition) is 2. The predicted octanol–water partition coefficient (Wildman–Crippen LogP) is 2.42. The quantitative estimate of drug-likeness (QED) is 0.841. The SMILES string of the molecule is Cc1nc(C2(C(N)=O)CCCN2C(N)=O)sc1-c1ccnc(C2(C)CC2)c1. The Bertz CT molecular complexity index is 936. The molecule has 0 radical (unpaired) electrons. The molecule has 4 N–H and O–H groups in total. The van der Waals surface area contributed by atoms with Gasteiger partial charge in [0.05, 0.1) is 10.6 Å². The summed E-state index contributed by atoms with van der Waals surface area (Å²) in [5, 5.41) is 0.537. The first-order valence-corrected chi connectivity index (χ1v) is 9.91. The molecule has 2 aromatic rings. The number of hydrogen-bond acceptors (Lipinski definition) is 5. The third kappa shape index (κ3) is 2.70. The zero-order valence-electron chi connectivity index (χ0n) is 15.5. The zero-order chi connectivity index (χ0) is 19.4. The highest BCUT2D eigenvalue weighted by atomic mass is 32.1. The van der Waals surface area contributed by atoms with Crippen molar-refractivity contribution in [1.29, 1.82) is 0 Å². The number of likely N-dealkylation sites (tertiary alicyclic amines) is 1. The van der Waals surface area contributed by atoms with Crippen molar-refractivity contribution in [2.24, 2.45) is 11.5 Å². The van der Waals surface area contributed by atoms with Crippen LogP contribution in [-0.2, 0) is 15.7 Å². The lowest BCUT2D eigenvalue weighted by Crippen LogP contribution is -2.55. The molecule has 1 unspecified atom stereocenters. The maximum Gasteiger partial charge on any atom is 0.316 e. The highest BCUT2D eigenvalue weighted by molar-refractivity contribution is 7.15. The third-order valence-electron chi connectivity index (χ3n) is 5.85. The molecule has 7 nitrogen and oxygen atoms in total. The first-order valence-electron chi connectivity index (χ1n) is 9.10. The molecule has 142 valence electrons. The van der Waals surface area contributed by atoms with Crippen LogP contribution in [0.3, 0.4) is 0 Å². The van der Waals surface area contributed by atoms with Crippen molar-refractivity contribution in [1.82, 2.24) is 14.9 Å². The van der Waals surface area contributed by atoms with Gasteiger partial charge in [0.15, 0.2) is 5.54 Å². The number of amides is 3. The van der Waals surface area contributed by atoms with E-state index >= 15 is 0 Å². The molecule has 2 aromatic heterocycles. The molecule has 4 rings (SSSR count). The Balaban J connectivity index is 1.79. The lowest BCUT2D eigenvalue weighted by molar-refractivity contribution is -0.127. The van der Waals surface area contributed by atoms with Crippen LogP contribution in [0.5, 0.6) is 0 Å². The molecule has 0 aromatic carbocycles. The van der Waals surface area contributed by atoms with Crippen LogP contribution in [0.4, 0.5) is 4.79 Å². The number of urea groups is 1. The van der Waals surface area contributed by atoms with Crippen LogP contribution < -0.4 is 11.5 Å². The molecule has 8 heteroatoms. The van der Waals surface area contributed by atoms with Crippen LogP contribution in [-0.4, -0.2) is 33.4 Å². The molecule has 1 atom stereocenters. The Hall–Kier alpha value is -2.48. The van der Waals surface area contributed by atoms with Gasteiger partial charge < -0.3 is 16.4 Å². The number of carbonyl (C=O) groups is 2. The first-order chi connectivity index (χ1) is 12.8. The number of nitrogens with zero attached hydrogens (tertiary/aromatic N) is 3. The van der Waals surface area contributed by atoms with Gasteiger partial charge in [-0.25, -0.2) is 9.78 Å². The summed E-state index contributed by atoms with van der Waals surface area (Å²) in [6.45, 7) is 4.53. The van der Waals surface area contributed by atoms with Crippen LogP contribution >= 0.6 is 11.3 Å². The Morgan fingerprint density at radius 2 is 2.00 bits per heavy atom. The topological polar surface area (TPSA) is 115 Å². The van der Waals surface area contributed by atoms with Gasteiger partial charge in [-0.05, 0) is 50.3 Å². The van der Waals surface area contributed by atoms with Crippen molar-refractivity contribution in [3.63, 3.8) is 0 Å². The van der Waals surface area contributed by atoms with E-state index in [1.54, 1.807) is 0 Å². The molecule has 0 bridgehead atoms. The van der Waals surface area contributed by atoms with E-state index in [0.717, 1.165) is 34.7 Å². The van der Waals surface area contributed by atoms with Crippen molar-refractivity contribution in [2.75, 3.05) is 6.54 Å². The molecule has 1 aliphatic carbocycles. The van der Waals surface area contributed by atoms with Gasteiger partial charge in [-0.15, -0.1) is 11.3 Å². The second-order valence-corrected chi connectivity index (χ2v) is 8.74. The van der Waals surface area contributed by atoms with Crippen LogP contribution in [0, 0.1) is 6.92 Å². The van der Waals surface area contributed by atoms with Gasteiger partial charge in [-0.2, -0.15) is 0 Å². The first kappa shape index (κ1) is 17.9. The third-order valence-corrected chi connectivity index (χ3v) is 7.20. The summed E-state index contributed by atoms with van der Waals surface area (Å²) in [7, 11) is 0. The summed E-state index contributed by atoms with van der Waals surface area (Å²) in [6, 6.07) is 3.42. The van der Waals surface area contributed by atoms with Gasteiger partial charge in [0.2, 0.25) is 0 Å². The fraction of sp³-hybridized carbons (Fsp3) is 0.474. The molecular weight excluding hydrogens is 362 g/mol. The van der Waals surface area contributed by atoms with E-state index in [4.69, 9.17) is 11.5 Å². The zero-order valence-corrected chi connectivity index (χ0v) is 16.3. The van der Waals surface area contributed by atoms with Crippen molar-refractivity contribution in [2.45, 2.75) is 50.5 Å². The van der Waals surface area contributed by atoms with Gasteiger partial charge in [-0.3, -0.25) is 9.78 Å². The van der Waals surface area contributed by atoms with Gasteiger partial charge in [0.25, 0.3) is 5.91 Å². The summed E-state index contributed by atoms with van der Waals surface area (Å²) < 4.78 is 0. The average Bonchev–Trinajstić information content (AvgIpc) is 3.07. The molecule has 1 aliphatic heterocycles. The van der Waals surface area contributed by atoms with E-state index in [1.165, 1.54) is 16.2 Å². The van der Waals surface area contributed by atoms with Crippen molar-refractivity contribution >= 4 is 23.3 Å². The lowest BCUT2D eigenvalue weighted by Gasteiger charge is -2.32. The fourth-order valence-electron chi connectivity index (χ4n) is 3.89. The van der Waals surface area contributed by atoms with E-state index < -0.39 is 17.5 Å². The second kappa shape index (κ2) is 6.02. The van der Waals surface area contributed by atoms with E-state index in [0.29, 0.717) is 24.4 Å². The van der Waals surface area contributed by atoms with E-state index in [9.17, 15) is 9.59 Å².